The minimum atomic E-state index is -0.320. The first-order chi connectivity index (χ1) is 8.58. The number of benzene rings is 1. The first kappa shape index (κ1) is 13.1. The number of nitrogens with one attached hydrogen (secondary N) is 1. The molecule has 0 radical (unpaired) electrons. The largest absolute Gasteiger partial charge is 0.349 e. The third-order valence-electron chi connectivity index (χ3n) is 3.86. The van der Waals surface area contributed by atoms with Gasteiger partial charge in [-0.2, -0.15) is 0 Å². The van der Waals surface area contributed by atoms with E-state index in [2.05, 4.69) is 12.2 Å². The Bertz CT molecular complexity index is 444. The quantitative estimate of drug-likeness (QED) is 0.854. The second kappa shape index (κ2) is 5.51. The molecular weight excluding hydrogens is 229 g/mol. The first-order valence-corrected chi connectivity index (χ1v) is 6.65. The fourth-order valence-corrected chi connectivity index (χ4v) is 2.52. The Morgan fingerprint density at radius 3 is 2.72 bits per heavy atom. The van der Waals surface area contributed by atoms with E-state index in [9.17, 15) is 9.18 Å². The molecule has 0 heterocycles. The highest BCUT2D eigenvalue weighted by atomic mass is 19.1. The topological polar surface area (TPSA) is 29.1 Å². The second-order valence-electron chi connectivity index (χ2n) is 5.31. The number of carbonyl (C=O) groups excluding carboxylic acids is 1. The Morgan fingerprint density at radius 1 is 1.33 bits per heavy atom. The van der Waals surface area contributed by atoms with Crippen LogP contribution in [0, 0.1) is 18.7 Å². The third-order valence-corrected chi connectivity index (χ3v) is 3.86. The van der Waals surface area contributed by atoms with Crippen molar-refractivity contribution in [1.82, 2.24) is 5.32 Å². The van der Waals surface area contributed by atoms with Crippen molar-refractivity contribution < 1.29 is 9.18 Å². The molecule has 1 aliphatic rings. The predicted octanol–water partition coefficient (Wildman–Crippen LogP) is 3.44. The normalized spacial score (nSPS) is 23.7. The van der Waals surface area contributed by atoms with Gasteiger partial charge in [0.1, 0.15) is 5.82 Å². The summed E-state index contributed by atoms with van der Waals surface area (Å²) in [5, 5.41) is 3.03. The monoisotopic (exact) mass is 249 g/mol. The Kier molecular flexibility index (Phi) is 4.00. The number of hydrogen-bond acceptors (Lipinski definition) is 1. The van der Waals surface area contributed by atoms with Crippen LogP contribution in [0.4, 0.5) is 4.39 Å². The smallest absolute Gasteiger partial charge is 0.251 e. The third kappa shape index (κ3) is 2.89. The van der Waals surface area contributed by atoms with Crippen LogP contribution in [0.5, 0.6) is 0 Å². The molecule has 2 atom stereocenters. The van der Waals surface area contributed by atoms with Crippen molar-refractivity contribution in [2.75, 3.05) is 0 Å². The Morgan fingerprint density at radius 2 is 2.06 bits per heavy atom. The molecule has 98 valence electrons. The maximum Gasteiger partial charge on any atom is 0.251 e. The van der Waals surface area contributed by atoms with Crippen LogP contribution in [-0.4, -0.2) is 11.9 Å². The first-order valence-electron chi connectivity index (χ1n) is 6.65. The van der Waals surface area contributed by atoms with Gasteiger partial charge < -0.3 is 5.32 Å². The van der Waals surface area contributed by atoms with E-state index in [0.29, 0.717) is 17.0 Å². The van der Waals surface area contributed by atoms with Crippen LogP contribution in [0.2, 0.25) is 0 Å². The van der Waals surface area contributed by atoms with Crippen molar-refractivity contribution >= 4 is 5.91 Å². The average Bonchev–Trinajstić information content (AvgIpc) is 2.35. The zero-order chi connectivity index (χ0) is 13.1. The SMILES string of the molecule is Cc1ccc(C(=O)N[C@@H]2CCCC[C@@H]2C)cc1F. The van der Waals surface area contributed by atoms with E-state index < -0.39 is 0 Å². The zero-order valence-corrected chi connectivity index (χ0v) is 11.0. The molecule has 1 aliphatic carbocycles. The molecule has 1 fully saturated rings. The van der Waals surface area contributed by atoms with Gasteiger partial charge in [-0.05, 0) is 43.4 Å². The van der Waals surface area contributed by atoms with E-state index in [1.807, 2.05) is 0 Å². The standard InChI is InChI=1S/C15H20FNO/c1-10-7-8-12(9-13(10)16)15(18)17-14-6-4-3-5-11(14)2/h7-9,11,14H,3-6H2,1-2H3,(H,17,18)/t11-,14+/m0/s1. The van der Waals surface area contributed by atoms with Crippen LogP contribution < -0.4 is 5.32 Å². The lowest BCUT2D eigenvalue weighted by molar-refractivity contribution is 0.0910. The number of carbonyl (C=O) groups is 1. The zero-order valence-electron chi connectivity index (χ0n) is 11.0. The molecule has 18 heavy (non-hydrogen) atoms. The van der Waals surface area contributed by atoms with E-state index >= 15 is 0 Å². The van der Waals surface area contributed by atoms with Gasteiger partial charge >= 0.3 is 0 Å². The van der Waals surface area contributed by atoms with Crippen LogP contribution in [0.1, 0.15) is 48.5 Å². The second-order valence-corrected chi connectivity index (χ2v) is 5.31. The highest BCUT2D eigenvalue weighted by Crippen LogP contribution is 2.24. The van der Waals surface area contributed by atoms with Gasteiger partial charge in [-0.15, -0.1) is 0 Å². The van der Waals surface area contributed by atoms with Gasteiger partial charge in [-0.1, -0.05) is 25.8 Å². The van der Waals surface area contributed by atoms with E-state index in [4.69, 9.17) is 0 Å². The minimum absolute atomic E-state index is 0.160. The highest BCUT2D eigenvalue weighted by molar-refractivity contribution is 5.94. The summed E-state index contributed by atoms with van der Waals surface area (Å²) in [5.74, 6) is 0.0324. The summed E-state index contributed by atoms with van der Waals surface area (Å²) in [6.07, 6.45) is 4.60. The van der Waals surface area contributed by atoms with Gasteiger partial charge in [0.15, 0.2) is 0 Å². The van der Waals surface area contributed by atoms with Crippen LogP contribution in [0.25, 0.3) is 0 Å². The molecule has 3 heteroatoms. The van der Waals surface area contributed by atoms with Crippen molar-refractivity contribution in [1.29, 1.82) is 0 Å². The van der Waals surface area contributed by atoms with Gasteiger partial charge in [-0.25, -0.2) is 4.39 Å². The van der Waals surface area contributed by atoms with Gasteiger partial charge in [0.05, 0.1) is 0 Å². The summed E-state index contributed by atoms with van der Waals surface area (Å²) in [4.78, 5) is 12.0. The number of aryl methyl sites for hydroxylation is 1. The summed E-state index contributed by atoms with van der Waals surface area (Å²) in [7, 11) is 0. The Labute approximate surface area is 108 Å². The van der Waals surface area contributed by atoms with E-state index in [1.165, 1.54) is 12.5 Å². The van der Waals surface area contributed by atoms with Crippen LogP contribution in [0.3, 0.4) is 0 Å². The summed E-state index contributed by atoms with van der Waals surface area (Å²) < 4.78 is 13.4. The fraction of sp³-hybridized carbons (Fsp3) is 0.533. The van der Waals surface area contributed by atoms with Crippen molar-refractivity contribution in [3.63, 3.8) is 0 Å². The molecule has 1 amide bonds. The summed E-state index contributed by atoms with van der Waals surface area (Å²) >= 11 is 0. The number of rotatable bonds is 2. The molecule has 1 aromatic rings. The van der Waals surface area contributed by atoms with Crippen LogP contribution in [-0.2, 0) is 0 Å². The lowest BCUT2D eigenvalue weighted by Crippen LogP contribution is -2.41. The fourth-order valence-electron chi connectivity index (χ4n) is 2.52. The molecular formula is C15H20FNO. The molecule has 0 aromatic heterocycles. The Balaban J connectivity index is 2.04. The van der Waals surface area contributed by atoms with E-state index in [1.54, 1.807) is 19.1 Å². The van der Waals surface area contributed by atoms with Gasteiger partial charge in [0, 0.05) is 11.6 Å². The predicted molar refractivity (Wildman–Crippen MR) is 70.0 cm³/mol. The average molecular weight is 249 g/mol. The molecule has 0 bridgehead atoms. The van der Waals surface area contributed by atoms with E-state index in [0.717, 1.165) is 19.3 Å². The molecule has 0 unspecified atom stereocenters. The number of amides is 1. The van der Waals surface area contributed by atoms with Crippen LogP contribution >= 0.6 is 0 Å². The maximum atomic E-state index is 13.4. The molecule has 0 spiro atoms. The molecule has 2 rings (SSSR count). The molecule has 0 aliphatic heterocycles. The van der Waals surface area contributed by atoms with Crippen molar-refractivity contribution in [2.24, 2.45) is 5.92 Å². The van der Waals surface area contributed by atoms with Gasteiger partial charge in [0.25, 0.3) is 5.91 Å². The molecule has 2 nitrogen and oxygen atoms in total. The summed E-state index contributed by atoms with van der Waals surface area (Å²) in [5.41, 5.74) is 0.980. The Hall–Kier alpha value is -1.38. The lowest BCUT2D eigenvalue weighted by atomic mass is 9.86. The lowest BCUT2D eigenvalue weighted by Gasteiger charge is -2.29. The number of hydrogen-bond donors (Lipinski definition) is 1. The van der Waals surface area contributed by atoms with Gasteiger partial charge in [0.2, 0.25) is 0 Å². The minimum Gasteiger partial charge on any atom is -0.349 e. The van der Waals surface area contributed by atoms with E-state index in [-0.39, 0.29) is 17.8 Å². The number of halogens is 1. The molecule has 0 saturated heterocycles. The summed E-state index contributed by atoms with van der Waals surface area (Å²) in [6, 6.07) is 4.88. The van der Waals surface area contributed by atoms with Crippen LogP contribution in [0.15, 0.2) is 18.2 Å². The molecule has 1 saturated carbocycles. The summed E-state index contributed by atoms with van der Waals surface area (Å²) in [6.45, 7) is 3.86. The van der Waals surface area contributed by atoms with Crippen molar-refractivity contribution in [2.45, 2.75) is 45.6 Å². The van der Waals surface area contributed by atoms with Crippen molar-refractivity contribution in [3.05, 3.63) is 35.1 Å². The highest BCUT2D eigenvalue weighted by Gasteiger charge is 2.23. The molecule has 1 N–H and O–H groups in total. The molecule has 1 aromatic carbocycles. The maximum absolute atomic E-state index is 13.4. The van der Waals surface area contributed by atoms with Gasteiger partial charge in [-0.3, -0.25) is 4.79 Å². The van der Waals surface area contributed by atoms with Crippen molar-refractivity contribution in [3.8, 4) is 0 Å².